The molecule has 5 atom stereocenters. The van der Waals surface area contributed by atoms with Crippen molar-refractivity contribution < 1.29 is 0 Å². The highest BCUT2D eigenvalue weighted by molar-refractivity contribution is 5.58. The van der Waals surface area contributed by atoms with E-state index in [1.54, 1.807) is 32.1 Å². The molecule has 1 nitrogen and oxygen atoms in total. The number of benzene rings is 1. The van der Waals surface area contributed by atoms with Gasteiger partial charge in [-0.15, -0.1) is 0 Å². The predicted molar refractivity (Wildman–Crippen MR) is 104 cm³/mol. The second kappa shape index (κ2) is 4.29. The normalized spacial score (nSPS) is 51.2. The summed E-state index contributed by atoms with van der Waals surface area (Å²) < 4.78 is 0. The number of rotatable bonds is 1. The van der Waals surface area contributed by atoms with E-state index in [0.717, 1.165) is 29.1 Å². The fraction of sp³-hybridized carbons (Fsp3) is 0.750. The maximum absolute atomic E-state index is 2.84. The molecule has 1 saturated heterocycles. The molecular formula is C24H33N. The van der Waals surface area contributed by atoms with Crippen LogP contribution < -0.4 is 4.90 Å². The van der Waals surface area contributed by atoms with Crippen LogP contribution in [0.2, 0.25) is 0 Å². The van der Waals surface area contributed by atoms with Gasteiger partial charge >= 0.3 is 0 Å². The molecule has 4 aliphatic carbocycles. The number of nitrogens with zero attached hydrogens (tertiary/aromatic N) is 1. The Balaban J connectivity index is 1.47. The molecule has 1 aromatic carbocycles. The number of hydrogen-bond acceptors (Lipinski definition) is 1. The standard InChI is InChI=1S/C24H33N/c1-15-7-5-6-8-19(15)25-16(2)24(14-22(25,3)4)20-10-17-9-18-11-21(24)23(20,12-17)13-18/h5-8,16-18,20-21H,9-14H2,1-4H3. The molecule has 6 rings (SSSR count). The molecule has 1 heteroatoms. The van der Waals surface area contributed by atoms with Gasteiger partial charge in [0.05, 0.1) is 0 Å². The molecule has 5 unspecified atom stereocenters. The summed E-state index contributed by atoms with van der Waals surface area (Å²) in [5, 5.41) is 0. The van der Waals surface area contributed by atoms with Crippen LogP contribution in [0.25, 0.3) is 0 Å². The molecule has 4 saturated carbocycles. The first-order valence-corrected chi connectivity index (χ1v) is 10.7. The quantitative estimate of drug-likeness (QED) is 0.625. The molecule has 1 aliphatic heterocycles. The van der Waals surface area contributed by atoms with E-state index in [0.29, 0.717) is 11.5 Å². The van der Waals surface area contributed by atoms with Crippen LogP contribution in [0.5, 0.6) is 0 Å². The van der Waals surface area contributed by atoms with Crippen molar-refractivity contribution in [2.75, 3.05) is 4.90 Å². The maximum atomic E-state index is 2.84. The molecule has 1 aromatic rings. The topological polar surface area (TPSA) is 3.24 Å². The third-order valence-electron chi connectivity index (χ3n) is 9.76. The van der Waals surface area contributed by atoms with E-state index in [4.69, 9.17) is 0 Å². The summed E-state index contributed by atoms with van der Waals surface area (Å²) in [4.78, 5) is 2.84. The second-order valence-electron chi connectivity index (χ2n) is 11.1. The van der Waals surface area contributed by atoms with Crippen molar-refractivity contribution in [3.05, 3.63) is 29.8 Å². The molecule has 3 bridgehead atoms. The summed E-state index contributed by atoms with van der Waals surface area (Å²) in [6, 6.07) is 9.80. The zero-order valence-corrected chi connectivity index (χ0v) is 16.4. The van der Waals surface area contributed by atoms with Crippen LogP contribution in [0.4, 0.5) is 5.69 Å². The molecular weight excluding hydrogens is 302 g/mol. The average Bonchev–Trinajstić information content (AvgIpc) is 3.04. The summed E-state index contributed by atoms with van der Waals surface area (Å²) >= 11 is 0. The van der Waals surface area contributed by atoms with Gasteiger partial charge in [-0.1, -0.05) is 18.2 Å². The monoisotopic (exact) mass is 335 g/mol. The number of aryl methyl sites for hydroxylation is 1. The van der Waals surface area contributed by atoms with E-state index in [1.807, 2.05) is 0 Å². The van der Waals surface area contributed by atoms with Crippen molar-refractivity contribution in [3.63, 3.8) is 0 Å². The van der Waals surface area contributed by atoms with Crippen molar-refractivity contribution in [3.8, 4) is 0 Å². The summed E-state index contributed by atoms with van der Waals surface area (Å²) in [6.07, 6.45) is 9.32. The molecule has 5 aliphatic rings. The predicted octanol–water partition coefficient (Wildman–Crippen LogP) is 5.81. The zero-order chi connectivity index (χ0) is 17.2. The van der Waals surface area contributed by atoms with E-state index in [1.165, 1.54) is 17.7 Å². The van der Waals surface area contributed by atoms with Crippen LogP contribution in [0, 0.1) is 41.4 Å². The molecule has 134 valence electrons. The van der Waals surface area contributed by atoms with Crippen LogP contribution >= 0.6 is 0 Å². The molecule has 0 N–H and O–H groups in total. The third kappa shape index (κ3) is 1.51. The molecule has 25 heavy (non-hydrogen) atoms. The van der Waals surface area contributed by atoms with E-state index in [-0.39, 0.29) is 5.54 Å². The van der Waals surface area contributed by atoms with Gasteiger partial charge in [-0.3, -0.25) is 0 Å². The van der Waals surface area contributed by atoms with Crippen LogP contribution in [-0.4, -0.2) is 11.6 Å². The van der Waals surface area contributed by atoms with Crippen LogP contribution in [0.1, 0.15) is 64.9 Å². The van der Waals surface area contributed by atoms with E-state index in [9.17, 15) is 0 Å². The van der Waals surface area contributed by atoms with Crippen molar-refractivity contribution in [2.24, 2.45) is 34.5 Å². The molecule has 0 aromatic heterocycles. The van der Waals surface area contributed by atoms with E-state index in [2.05, 4.69) is 56.9 Å². The van der Waals surface area contributed by atoms with Crippen molar-refractivity contribution in [1.29, 1.82) is 0 Å². The largest absolute Gasteiger partial charge is 0.363 e. The van der Waals surface area contributed by atoms with Gasteiger partial charge in [0.1, 0.15) is 0 Å². The van der Waals surface area contributed by atoms with Gasteiger partial charge in [0.25, 0.3) is 0 Å². The minimum Gasteiger partial charge on any atom is -0.363 e. The highest BCUT2D eigenvalue weighted by Crippen LogP contribution is 2.85. The molecule has 1 heterocycles. The van der Waals surface area contributed by atoms with E-state index >= 15 is 0 Å². The first kappa shape index (κ1) is 15.1. The third-order valence-corrected chi connectivity index (χ3v) is 9.76. The van der Waals surface area contributed by atoms with Crippen LogP contribution in [-0.2, 0) is 0 Å². The Morgan fingerprint density at radius 3 is 2.24 bits per heavy atom. The van der Waals surface area contributed by atoms with Crippen molar-refractivity contribution >= 4 is 5.69 Å². The Kier molecular flexibility index (Phi) is 2.59. The fourth-order valence-electron chi connectivity index (χ4n) is 9.70. The lowest BCUT2D eigenvalue weighted by Gasteiger charge is -2.66. The average molecular weight is 336 g/mol. The molecule has 0 amide bonds. The molecule has 2 spiro atoms. The first-order chi connectivity index (χ1) is 11.9. The smallest absolute Gasteiger partial charge is 0.0402 e. The second-order valence-corrected chi connectivity index (χ2v) is 11.1. The molecule has 0 radical (unpaired) electrons. The minimum absolute atomic E-state index is 0.285. The maximum Gasteiger partial charge on any atom is 0.0402 e. The highest BCUT2D eigenvalue weighted by Gasteiger charge is 2.81. The first-order valence-electron chi connectivity index (χ1n) is 10.7. The van der Waals surface area contributed by atoms with E-state index < -0.39 is 0 Å². The van der Waals surface area contributed by atoms with Gasteiger partial charge in [-0.05, 0) is 112 Å². The Morgan fingerprint density at radius 2 is 1.60 bits per heavy atom. The highest BCUT2D eigenvalue weighted by atomic mass is 15.3. The summed E-state index contributed by atoms with van der Waals surface area (Å²) in [5.41, 5.74) is 4.63. The van der Waals surface area contributed by atoms with Crippen LogP contribution in [0.3, 0.4) is 0 Å². The lowest BCUT2D eigenvalue weighted by Crippen LogP contribution is -2.64. The van der Waals surface area contributed by atoms with Gasteiger partial charge in [0, 0.05) is 17.3 Å². The van der Waals surface area contributed by atoms with Gasteiger partial charge in [0.2, 0.25) is 0 Å². The Bertz CT molecular complexity index is 722. The number of para-hydroxylation sites is 1. The van der Waals surface area contributed by atoms with Gasteiger partial charge in [-0.2, -0.15) is 0 Å². The van der Waals surface area contributed by atoms with Crippen molar-refractivity contribution in [2.45, 2.75) is 77.8 Å². The minimum atomic E-state index is 0.285. The summed E-state index contributed by atoms with van der Waals surface area (Å²) in [6.45, 7) is 9.94. The van der Waals surface area contributed by atoms with Gasteiger partial charge in [0.15, 0.2) is 0 Å². The summed E-state index contributed by atoms with van der Waals surface area (Å²) in [7, 11) is 0. The lowest BCUT2D eigenvalue weighted by molar-refractivity contribution is -0.169. The molecule has 5 fully saturated rings. The SMILES string of the molecule is Cc1ccccc1N1C(C)C2(CC1(C)C)C1CC3CC4CC2C1(C3)C4. The number of fused-ring (bicyclic) bond motifs is 4. The zero-order valence-electron chi connectivity index (χ0n) is 16.4. The number of hydrogen-bond donors (Lipinski definition) is 0. The van der Waals surface area contributed by atoms with Gasteiger partial charge in [-0.25, -0.2) is 0 Å². The van der Waals surface area contributed by atoms with Crippen LogP contribution in [0.15, 0.2) is 24.3 Å². The number of anilines is 1. The lowest BCUT2D eigenvalue weighted by atomic mass is 9.38. The Labute approximate surface area is 153 Å². The Hall–Kier alpha value is -0.980. The van der Waals surface area contributed by atoms with Gasteiger partial charge < -0.3 is 4.90 Å². The van der Waals surface area contributed by atoms with Crippen molar-refractivity contribution in [1.82, 2.24) is 0 Å². The fourth-order valence-corrected chi connectivity index (χ4v) is 9.70. The Morgan fingerprint density at radius 1 is 0.960 bits per heavy atom. The summed E-state index contributed by atoms with van der Waals surface area (Å²) in [5.74, 6) is 4.23.